The summed E-state index contributed by atoms with van der Waals surface area (Å²) in [5, 5.41) is 12.7. The van der Waals surface area contributed by atoms with E-state index in [1.54, 1.807) is 38.6 Å². The summed E-state index contributed by atoms with van der Waals surface area (Å²) in [7, 11) is 1.58. The lowest BCUT2D eigenvalue weighted by Gasteiger charge is -2.11. The number of carbonyl (C=O) groups excluding carboxylic acids is 1. The van der Waals surface area contributed by atoms with Crippen molar-refractivity contribution in [1.29, 1.82) is 0 Å². The van der Waals surface area contributed by atoms with E-state index in [2.05, 4.69) is 20.3 Å². The highest BCUT2D eigenvalue weighted by Gasteiger charge is 2.11. The quantitative estimate of drug-likeness (QED) is 0.546. The third-order valence-corrected chi connectivity index (χ3v) is 4.60. The minimum Gasteiger partial charge on any atom is -0.497 e. The van der Waals surface area contributed by atoms with Crippen LogP contribution in [0.5, 0.6) is 11.6 Å². The van der Waals surface area contributed by atoms with Crippen LogP contribution in [0.25, 0.3) is 11.3 Å². The molecule has 3 aromatic rings. The SMILES string of the molecule is CCOc1ccc(-c2cncc(C(=O)NCCc3cc(OC)cc(C(C)O)c3)n2)cn1. The third-order valence-electron chi connectivity index (χ3n) is 4.60. The zero-order valence-electron chi connectivity index (χ0n) is 17.8. The normalized spacial score (nSPS) is 11.6. The fourth-order valence-corrected chi connectivity index (χ4v) is 2.98. The number of hydrogen-bond donors (Lipinski definition) is 2. The number of benzene rings is 1. The monoisotopic (exact) mass is 422 g/mol. The molecule has 0 radical (unpaired) electrons. The third kappa shape index (κ3) is 5.99. The molecule has 162 valence electrons. The van der Waals surface area contributed by atoms with Crippen molar-refractivity contribution in [3.05, 3.63) is 65.7 Å². The van der Waals surface area contributed by atoms with Crippen LogP contribution in [0.3, 0.4) is 0 Å². The Balaban J connectivity index is 1.64. The Hall–Kier alpha value is -3.52. The van der Waals surface area contributed by atoms with E-state index in [0.29, 0.717) is 36.9 Å². The molecule has 0 saturated heterocycles. The van der Waals surface area contributed by atoms with Crippen LogP contribution < -0.4 is 14.8 Å². The van der Waals surface area contributed by atoms with Gasteiger partial charge in [-0.15, -0.1) is 0 Å². The van der Waals surface area contributed by atoms with E-state index < -0.39 is 6.10 Å². The number of rotatable bonds is 9. The van der Waals surface area contributed by atoms with Crippen LogP contribution in [0.2, 0.25) is 0 Å². The van der Waals surface area contributed by atoms with Crippen LogP contribution in [-0.4, -0.2) is 46.2 Å². The van der Waals surface area contributed by atoms with Crippen molar-refractivity contribution in [2.24, 2.45) is 0 Å². The molecule has 1 unspecified atom stereocenters. The van der Waals surface area contributed by atoms with Crippen LogP contribution in [0, 0.1) is 0 Å². The number of aliphatic hydroxyl groups is 1. The van der Waals surface area contributed by atoms with Gasteiger partial charge in [0.05, 0.1) is 37.9 Å². The Bertz CT molecular complexity index is 1020. The maximum atomic E-state index is 12.5. The average Bonchev–Trinajstić information content (AvgIpc) is 2.79. The predicted molar refractivity (Wildman–Crippen MR) is 116 cm³/mol. The Morgan fingerprint density at radius 1 is 1.19 bits per heavy atom. The smallest absolute Gasteiger partial charge is 0.271 e. The standard InChI is InChI=1S/C23H26N4O4/c1-4-31-22-6-5-17(12-26-22)20-13-24-14-21(27-20)23(29)25-8-7-16-9-18(15(2)28)11-19(10-16)30-3/h5-6,9-15,28H,4,7-8H2,1-3H3,(H,25,29). The van der Waals surface area contributed by atoms with E-state index in [1.807, 2.05) is 25.1 Å². The molecular formula is C23H26N4O4. The van der Waals surface area contributed by atoms with Gasteiger partial charge in [-0.05, 0) is 49.6 Å². The van der Waals surface area contributed by atoms with Crippen LogP contribution in [0.4, 0.5) is 0 Å². The molecule has 0 aliphatic heterocycles. The lowest BCUT2D eigenvalue weighted by atomic mass is 10.0. The topological polar surface area (TPSA) is 106 Å². The predicted octanol–water partition coefficient (Wildman–Crippen LogP) is 2.97. The first kappa shape index (κ1) is 22.2. The molecule has 1 aromatic carbocycles. The number of aliphatic hydroxyl groups excluding tert-OH is 1. The van der Waals surface area contributed by atoms with Crippen molar-refractivity contribution in [1.82, 2.24) is 20.3 Å². The zero-order chi connectivity index (χ0) is 22.2. The fraction of sp³-hybridized carbons (Fsp3) is 0.304. The molecular weight excluding hydrogens is 396 g/mol. The first-order valence-electron chi connectivity index (χ1n) is 10.1. The van der Waals surface area contributed by atoms with E-state index in [4.69, 9.17) is 9.47 Å². The molecule has 0 fully saturated rings. The molecule has 31 heavy (non-hydrogen) atoms. The van der Waals surface area contributed by atoms with Crippen LogP contribution in [0.1, 0.15) is 41.6 Å². The molecule has 8 nitrogen and oxygen atoms in total. The summed E-state index contributed by atoms with van der Waals surface area (Å²) in [6, 6.07) is 9.16. The van der Waals surface area contributed by atoms with Crippen LogP contribution in [-0.2, 0) is 6.42 Å². The van der Waals surface area contributed by atoms with Gasteiger partial charge in [-0.1, -0.05) is 6.07 Å². The molecule has 1 atom stereocenters. The van der Waals surface area contributed by atoms with Crippen molar-refractivity contribution in [2.45, 2.75) is 26.4 Å². The lowest BCUT2D eigenvalue weighted by molar-refractivity contribution is 0.0949. The minimum atomic E-state index is -0.599. The van der Waals surface area contributed by atoms with Gasteiger partial charge in [0, 0.05) is 24.4 Å². The van der Waals surface area contributed by atoms with Gasteiger partial charge >= 0.3 is 0 Å². The summed E-state index contributed by atoms with van der Waals surface area (Å²) in [4.78, 5) is 25.3. The molecule has 0 bridgehead atoms. The molecule has 8 heteroatoms. The van der Waals surface area contributed by atoms with Gasteiger partial charge in [-0.25, -0.2) is 9.97 Å². The van der Waals surface area contributed by atoms with E-state index in [0.717, 1.165) is 16.7 Å². The number of amides is 1. The summed E-state index contributed by atoms with van der Waals surface area (Å²) >= 11 is 0. The second kappa shape index (κ2) is 10.5. The summed E-state index contributed by atoms with van der Waals surface area (Å²) < 4.78 is 10.6. The number of methoxy groups -OCH3 is 1. The minimum absolute atomic E-state index is 0.224. The van der Waals surface area contributed by atoms with Gasteiger partial charge < -0.3 is 19.9 Å². The number of aromatic nitrogens is 3. The molecule has 2 heterocycles. The molecule has 0 aliphatic rings. The number of ether oxygens (including phenoxy) is 2. The fourth-order valence-electron chi connectivity index (χ4n) is 2.98. The number of nitrogens with one attached hydrogen (secondary N) is 1. The second-order valence-corrected chi connectivity index (χ2v) is 6.90. The number of carbonyl (C=O) groups is 1. The number of nitrogens with zero attached hydrogens (tertiary/aromatic N) is 3. The van der Waals surface area contributed by atoms with E-state index in [1.165, 1.54) is 6.20 Å². The first-order chi connectivity index (χ1) is 15.0. The second-order valence-electron chi connectivity index (χ2n) is 6.90. The Kier molecular flexibility index (Phi) is 7.50. The van der Waals surface area contributed by atoms with Crippen molar-refractivity contribution in [3.63, 3.8) is 0 Å². The highest BCUT2D eigenvalue weighted by atomic mass is 16.5. The van der Waals surface area contributed by atoms with Gasteiger partial charge in [0.25, 0.3) is 5.91 Å². The molecule has 1 amide bonds. The van der Waals surface area contributed by atoms with E-state index >= 15 is 0 Å². The zero-order valence-corrected chi connectivity index (χ0v) is 17.8. The number of pyridine rings is 1. The summed E-state index contributed by atoms with van der Waals surface area (Å²) in [6.45, 7) is 4.54. The summed E-state index contributed by atoms with van der Waals surface area (Å²) in [6.07, 6.45) is 4.64. The highest BCUT2D eigenvalue weighted by Crippen LogP contribution is 2.22. The molecule has 2 N–H and O–H groups in total. The first-order valence-corrected chi connectivity index (χ1v) is 10.1. The Labute approximate surface area is 181 Å². The van der Waals surface area contributed by atoms with Crippen molar-refractivity contribution in [3.8, 4) is 22.9 Å². The molecule has 3 rings (SSSR count). The maximum absolute atomic E-state index is 12.5. The van der Waals surface area contributed by atoms with Gasteiger partial charge in [0.2, 0.25) is 5.88 Å². The molecule has 0 spiro atoms. The maximum Gasteiger partial charge on any atom is 0.271 e. The number of hydrogen-bond acceptors (Lipinski definition) is 7. The van der Waals surface area contributed by atoms with Gasteiger partial charge in [-0.3, -0.25) is 9.78 Å². The van der Waals surface area contributed by atoms with Crippen molar-refractivity contribution >= 4 is 5.91 Å². The highest BCUT2D eigenvalue weighted by molar-refractivity contribution is 5.92. The van der Waals surface area contributed by atoms with Crippen molar-refractivity contribution < 1.29 is 19.4 Å². The van der Waals surface area contributed by atoms with Gasteiger partial charge in [0.15, 0.2) is 0 Å². The molecule has 0 saturated carbocycles. The average molecular weight is 422 g/mol. The van der Waals surface area contributed by atoms with Crippen LogP contribution in [0.15, 0.2) is 48.9 Å². The van der Waals surface area contributed by atoms with Crippen molar-refractivity contribution in [2.75, 3.05) is 20.3 Å². The van der Waals surface area contributed by atoms with Gasteiger partial charge in [-0.2, -0.15) is 0 Å². The molecule has 2 aromatic heterocycles. The molecule has 0 aliphatic carbocycles. The Morgan fingerprint density at radius 2 is 2.03 bits per heavy atom. The lowest BCUT2D eigenvalue weighted by Crippen LogP contribution is -2.26. The largest absolute Gasteiger partial charge is 0.497 e. The van der Waals surface area contributed by atoms with E-state index in [-0.39, 0.29) is 11.6 Å². The Morgan fingerprint density at radius 3 is 2.71 bits per heavy atom. The van der Waals surface area contributed by atoms with Crippen LogP contribution >= 0.6 is 0 Å². The summed E-state index contributed by atoms with van der Waals surface area (Å²) in [5.74, 6) is 0.888. The van der Waals surface area contributed by atoms with E-state index in [9.17, 15) is 9.90 Å². The van der Waals surface area contributed by atoms with Gasteiger partial charge in [0.1, 0.15) is 11.4 Å². The summed E-state index contributed by atoms with van der Waals surface area (Å²) in [5.41, 5.74) is 3.24.